The van der Waals surface area contributed by atoms with Crippen molar-refractivity contribution in [1.29, 1.82) is 0 Å². The van der Waals surface area contributed by atoms with Gasteiger partial charge in [0.25, 0.3) is 5.91 Å². The normalized spacial score (nSPS) is 22.3. The Labute approximate surface area is 136 Å². The van der Waals surface area contributed by atoms with Gasteiger partial charge < -0.3 is 5.32 Å². The van der Waals surface area contributed by atoms with Crippen molar-refractivity contribution in [3.63, 3.8) is 0 Å². The molecular weight excluding hydrogens is 304 g/mol. The molecule has 1 aliphatic rings. The molecule has 21 heavy (non-hydrogen) atoms. The van der Waals surface area contributed by atoms with Crippen LogP contribution < -0.4 is 5.32 Å². The van der Waals surface area contributed by atoms with Gasteiger partial charge in [-0.1, -0.05) is 38.3 Å². The monoisotopic (exact) mass is 326 g/mol. The second-order valence-electron chi connectivity index (χ2n) is 5.90. The molecule has 0 spiro atoms. The Morgan fingerprint density at radius 1 is 1.38 bits per heavy atom. The van der Waals surface area contributed by atoms with Crippen LogP contribution >= 0.6 is 23.4 Å². The van der Waals surface area contributed by atoms with Crippen molar-refractivity contribution in [2.45, 2.75) is 56.7 Å². The fraction of sp³-hybridized carbons (Fsp3) is 0.625. The second kappa shape index (κ2) is 7.50. The van der Waals surface area contributed by atoms with Gasteiger partial charge in [0.15, 0.2) is 0 Å². The van der Waals surface area contributed by atoms with Gasteiger partial charge in [-0.25, -0.2) is 4.98 Å². The number of carbonyl (C=O) groups is 1. The molecule has 0 aliphatic heterocycles. The van der Waals surface area contributed by atoms with Crippen molar-refractivity contribution < 1.29 is 4.79 Å². The topological polar surface area (TPSA) is 42.0 Å². The van der Waals surface area contributed by atoms with E-state index in [0.717, 1.165) is 12.1 Å². The van der Waals surface area contributed by atoms with Crippen molar-refractivity contribution in [2.75, 3.05) is 6.26 Å². The summed E-state index contributed by atoms with van der Waals surface area (Å²) in [5.41, 5.74) is 1.47. The Morgan fingerprint density at radius 3 is 2.76 bits per heavy atom. The number of carbonyl (C=O) groups excluding carboxylic acids is 1. The predicted octanol–water partition coefficient (Wildman–Crippen LogP) is 4.26. The molecule has 0 aromatic carbocycles. The molecule has 2 rings (SSSR count). The van der Waals surface area contributed by atoms with Gasteiger partial charge in [0.05, 0.1) is 0 Å². The van der Waals surface area contributed by atoms with E-state index in [4.69, 9.17) is 11.6 Å². The quantitative estimate of drug-likeness (QED) is 0.840. The molecule has 2 atom stereocenters. The highest BCUT2D eigenvalue weighted by molar-refractivity contribution is 7.99. The molecule has 5 heteroatoms. The van der Waals surface area contributed by atoms with Crippen LogP contribution in [0.15, 0.2) is 12.1 Å². The highest BCUT2D eigenvalue weighted by Crippen LogP contribution is 2.27. The highest BCUT2D eigenvalue weighted by atomic mass is 35.5. The maximum absolute atomic E-state index is 12.5. The number of nitrogens with one attached hydrogen (secondary N) is 1. The van der Waals surface area contributed by atoms with Crippen LogP contribution in [0.25, 0.3) is 0 Å². The van der Waals surface area contributed by atoms with Crippen LogP contribution in [-0.2, 0) is 0 Å². The Hall–Kier alpha value is -0.740. The largest absolute Gasteiger partial charge is 0.348 e. The zero-order valence-electron chi connectivity index (χ0n) is 12.9. The summed E-state index contributed by atoms with van der Waals surface area (Å²) >= 11 is 7.89. The zero-order valence-corrected chi connectivity index (χ0v) is 14.4. The molecule has 3 nitrogen and oxygen atoms in total. The number of rotatable bonds is 4. The maximum Gasteiger partial charge on any atom is 0.251 e. The van der Waals surface area contributed by atoms with E-state index in [2.05, 4.69) is 16.6 Å². The van der Waals surface area contributed by atoms with E-state index < -0.39 is 0 Å². The van der Waals surface area contributed by atoms with Crippen molar-refractivity contribution >= 4 is 29.3 Å². The lowest BCUT2D eigenvalue weighted by Gasteiger charge is -2.31. The molecule has 1 amide bonds. The van der Waals surface area contributed by atoms with Crippen molar-refractivity contribution in [1.82, 2.24) is 10.3 Å². The number of aromatic nitrogens is 1. The molecule has 1 aliphatic carbocycles. The molecule has 1 saturated carbocycles. The molecule has 0 saturated heterocycles. The first-order chi connectivity index (χ1) is 10.0. The number of thioether (sulfide) groups is 1. The van der Waals surface area contributed by atoms with E-state index in [0.29, 0.717) is 16.0 Å². The molecule has 1 aromatic heterocycles. The fourth-order valence-electron chi connectivity index (χ4n) is 2.74. The number of pyridine rings is 1. The Bertz CT molecular complexity index is 507. The van der Waals surface area contributed by atoms with E-state index in [9.17, 15) is 4.79 Å². The van der Waals surface area contributed by atoms with Gasteiger partial charge >= 0.3 is 0 Å². The number of hydrogen-bond acceptors (Lipinski definition) is 3. The van der Waals surface area contributed by atoms with E-state index in [1.807, 2.05) is 31.7 Å². The lowest BCUT2D eigenvalue weighted by atomic mass is 9.94. The summed E-state index contributed by atoms with van der Waals surface area (Å²) < 4.78 is 0. The molecule has 1 heterocycles. The Kier molecular flexibility index (Phi) is 5.94. The standard InChI is InChI=1S/C16H23ClN2OS/c1-10(2)13-8-11(9-15(17)18-13)16(20)19-12-6-4-5-7-14(12)21-3/h8-10,12,14H,4-7H2,1-3H3,(H,19,20). The summed E-state index contributed by atoms with van der Waals surface area (Å²) in [6.45, 7) is 4.09. The van der Waals surface area contributed by atoms with Gasteiger partial charge in [-0.05, 0) is 37.1 Å². The van der Waals surface area contributed by atoms with E-state index in [-0.39, 0.29) is 17.9 Å². The number of hydrogen-bond donors (Lipinski definition) is 1. The van der Waals surface area contributed by atoms with Crippen LogP contribution in [0.1, 0.15) is 61.5 Å². The third-order valence-electron chi connectivity index (χ3n) is 3.99. The van der Waals surface area contributed by atoms with Gasteiger partial charge in [-0.2, -0.15) is 11.8 Å². The summed E-state index contributed by atoms with van der Waals surface area (Å²) in [5, 5.41) is 4.09. The van der Waals surface area contributed by atoms with Gasteiger partial charge in [0.2, 0.25) is 0 Å². The molecule has 116 valence electrons. The minimum Gasteiger partial charge on any atom is -0.348 e. The summed E-state index contributed by atoms with van der Waals surface area (Å²) in [6, 6.07) is 3.76. The molecule has 0 bridgehead atoms. The molecule has 1 fully saturated rings. The lowest BCUT2D eigenvalue weighted by Crippen LogP contribution is -2.43. The molecule has 0 radical (unpaired) electrons. The minimum atomic E-state index is -0.0350. The maximum atomic E-state index is 12.5. The third kappa shape index (κ3) is 4.36. The van der Waals surface area contributed by atoms with Crippen molar-refractivity contribution in [3.05, 3.63) is 28.5 Å². The van der Waals surface area contributed by atoms with Crippen molar-refractivity contribution in [3.8, 4) is 0 Å². The minimum absolute atomic E-state index is 0.0350. The Morgan fingerprint density at radius 2 is 2.10 bits per heavy atom. The molecule has 1 aromatic rings. The smallest absolute Gasteiger partial charge is 0.251 e. The summed E-state index contributed by atoms with van der Waals surface area (Å²) in [5.74, 6) is 0.219. The van der Waals surface area contributed by atoms with Crippen LogP contribution in [0.5, 0.6) is 0 Å². The number of halogens is 1. The summed E-state index contributed by atoms with van der Waals surface area (Å²) in [6.07, 6.45) is 6.82. The van der Waals surface area contributed by atoms with E-state index in [1.54, 1.807) is 6.07 Å². The average Bonchev–Trinajstić information content (AvgIpc) is 2.47. The first-order valence-electron chi connectivity index (χ1n) is 7.52. The summed E-state index contributed by atoms with van der Waals surface area (Å²) in [4.78, 5) is 16.8. The zero-order chi connectivity index (χ0) is 15.4. The average molecular weight is 327 g/mol. The molecular formula is C16H23ClN2OS. The summed E-state index contributed by atoms with van der Waals surface area (Å²) in [7, 11) is 0. The SMILES string of the molecule is CSC1CCCCC1NC(=O)c1cc(Cl)nc(C(C)C)c1. The van der Waals surface area contributed by atoms with E-state index >= 15 is 0 Å². The second-order valence-corrected chi connectivity index (χ2v) is 7.36. The first-order valence-corrected chi connectivity index (χ1v) is 9.19. The van der Waals surface area contributed by atoms with Crippen molar-refractivity contribution in [2.24, 2.45) is 0 Å². The first kappa shape index (κ1) is 16.6. The van der Waals surface area contributed by atoms with Gasteiger partial charge in [-0.15, -0.1) is 0 Å². The number of amides is 1. The van der Waals surface area contributed by atoms with Crippen LogP contribution in [0.4, 0.5) is 0 Å². The number of nitrogens with zero attached hydrogens (tertiary/aromatic N) is 1. The van der Waals surface area contributed by atoms with Crippen LogP contribution in [-0.4, -0.2) is 28.4 Å². The molecule has 2 unspecified atom stereocenters. The van der Waals surface area contributed by atoms with Gasteiger partial charge in [0.1, 0.15) is 5.15 Å². The lowest BCUT2D eigenvalue weighted by molar-refractivity contribution is 0.0929. The van der Waals surface area contributed by atoms with Crippen LogP contribution in [0.3, 0.4) is 0 Å². The van der Waals surface area contributed by atoms with Crippen LogP contribution in [0.2, 0.25) is 5.15 Å². The Balaban J connectivity index is 2.12. The predicted molar refractivity (Wildman–Crippen MR) is 90.4 cm³/mol. The van der Waals surface area contributed by atoms with Gasteiger partial charge in [-0.3, -0.25) is 4.79 Å². The van der Waals surface area contributed by atoms with E-state index in [1.165, 1.54) is 19.3 Å². The van der Waals surface area contributed by atoms with Crippen LogP contribution in [0, 0.1) is 0 Å². The highest BCUT2D eigenvalue weighted by Gasteiger charge is 2.26. The third-order valence-corrected chi connectivity index (χ3v) is 5.35. The molecule has 1 N–H and O–H groups in total. The van der Waals surface area contributed by atoms with Gasteiger partial charge in [0, 0.05) is 22.5 Å². The fourth-order valence-corrected chi connectivity index (χ4v) is 3.89.